The number of hydrogen-bond acceptors (Lipinski definition) is 2. The van der Waals surface area contributed by atoms with Crippen molar-refractivity contribution in [3.05, 3.63) is 35.5 Å². The van der Waals surface area contributed by atoms with Crippen molar-refractivity contribution in [3.8, 4) is 0 Å². The van der Waals surface area contributed by atoms with Gasteiger partial charge < -0.3 is 14.2 Å². The summed E-state index contributed by atoms with van der Waals surface area (Å²) in [6.07, 6.45) is 1.93. The lowest BCUT2D eigenvalue weighted by Crippen LogP contribution is -2.43. The first kappa shape index (κ1) is 13.5. The largest absolute Gasteiger partial charge is 0.378 e. The number of aromatic nitrogens is 1. The van der Waals surface area contributed by atoms with E-state index in [1.807, 2.05) is 46.9 Å². The molecule has 1 saturated heterocycles. The molecule has 20 heavy (non-hydrogen) atoms. The Morgan fingerprint density at radius 3 is 2.80 bits per heavy atom. The molecule has 1 unspecified atom stereocenters. The Kier molecular flexibility index (Phi) is 3.68. The summed E-state index contributed by atoms with van der Waals surface area (Å²) in [5, 5.41) is 1.73. The van der Waals surface area contributed by atoms with Gasteiger partial charge in [0.25, 0.3) is 0 Å². The number of benzene rings is 1. The molecule has 1 aliphatic rings. The predicted octanol–water partition coefficient (Wildman–Crippen LogP) is 2.71. The zero-order valence-corrected chi connectivity index (χ0v) is 12.1. The van der Waals surface area contributed by atoms with Crippen LogP contribution in [-0.2, 0) is 9.53 Å². The third-order valence-corrected chi connectivity index (χ3v) is 4.09. The Morgan fingerprint density at radius 1 is 1.30 bits per heavy atom. The number of amides is 1. The molecule has 1 aromatic heterocycles. The van der Waals surface area contributed by atoms with E-state index in [-0.39, 0.29) is 11.9 Å². The first-order valence-electron chi connectivity index (χ1n) is 6.80. The van der Waals surface area contributed by atoms with E-state index in [0.29, 0.717) is 31.3 Å². The van der Waals surface area contributed by atoms with E-state index in [4.69, 9.17) is 16.3 Å². The van der Waals surface area contributed by atoms with Crippen molar-refractivity contribution in [1.29, 1.82) is 0 Å². The van der Waals surface area contributed by atoms with Crippen LogP contribution in [0.5, 0.6) is 0 Å². The van der Waals surface area contributed by atoms with Gasteiger partial charge >= 0.3 is 0 Å². The van der Waals surface area contributed by atoms with Gasteiger partial charge in [-0.25, -0.2) is 0 Å². The van der Waals surface area contributed by atoms with Crippen LogP contribution in [0.1, 0.15) is 13.0 Å². The lowest BCUT2D eigenvalue weighted by atomic mass is 10.2. The number of carbonyl (C=O) groups excluding carboxylic acids is 1. The fraction of sp³-hybridized carbons (Fsp3) is 0.400. The minimum Gasteiger partial charge on any atom is -0.378 e. The molecule has 3 rings (SSSR count). The van der Waals surface area contributed by atoms with E-state index in [9.17, 15) is 4.79 Å². The molecule has 5 heteroatoms. The lowest BCUT2D eigenvalue weighted by Gasteiger charge is -2.30. The Morgan fingerprint density at radius 2 is 2.05 bits per heavy atom. The Balaban J connectivity index is 1.92. The Bertz CT molecular complexity index is 632. The first-order valence-corrected chi connectivity index (χ1v) is 7.18. The van der Waals surface area contributed by atoms with E-state index in [1.54, 1.807) is 0 Å². The SMILES string of the molecule is CC(C(=O)N1CCOCC1)n1ccc2cccc(Cl)c21. The molecule has 1 atom stereocenters. The van der Waals surface area contributed by atoms with Crippen molar-refractivity contribution in [2.75, 3.05) is 26.3 Å². The third kappa shape index (κ3) is 2.30. The number of carbonyl (C=O) groups is 1. The standard InChI is InChI=1S/C15H17ClN2O2/c1-11(15(19)17-7-9-20-10-8-17)18-6-5-12-3-2-4-13(16)14(12)18/h2-6,11H,7-10H2,1H3. The number of para-hydroxylation sites is 1. The van der Waals surface area contributed by atoms with Crippen LogP contribution in [0.25, 0.3) is 10.9 Å². The molecule has 106 valence electrons. The van der Waals surface area contributed by atoms with Crippen molar-refractivity contribution >= 4 is 28.4 Å². The molecule has 0 aliphatic carbocycles. The smallest absolute Gasteiger partial charge is 0.245 e. The summed E-state index contributed by atoms with van der Waals surface area (Å²) in [6, 6.07) is 7.51. The average Bonchev–Trinajstić information content (AvgIpc) is 2.92. The summed E-state index contributed by atoms with van der Waals surface area (Å²) >= 11 is 6.27. The average molecular weight is 293 g/mol. The molecule has 1 aromatic carbocycles. The van der Waals surface area contributed by atoms with Crippen LogP contribution < -0.4 is 0 Å². The minimum absolute atomic E-state index is 0.116. The molecule has 2 heterocycles. The molecule has 1 fully saturated rings. The fourth-order valence-electron chi connectivity index (χ4n) is 2.66. The van der Waals surface area contributed by atoms with E-state index < -0.39 is 0 Å². The predicted molar refractivity (Wildman–Crippen MR) is 79.1 cm³/mol. The maximum atomic E-state index is 12.6. The van der Waals surface area contributed by atoms with Crippen molar-refractivity contribution in [2.24, 2.45) is 0 Å². The molecule has 1 amide bonds. The van der Waals surface area contributed by atoms with E-state index >= 15 is 0 Å². The molecule has 0 spiro atoms. The van der Waals surface area contributed by atoms with Gasteiger partial charge in [-0.2, -0.15) is 0 Å². The second-order valence-electron chi connectivity index (χ2n) is 5.01. The van der Waals surface area contributed by atoms with Crippen LogP contribution in [0.2, 0.25) is 5.02 Å². The molecule has 0 bridgehead atoms. The summed E-state index contributed by atoms with van der Waals surface area (Å²) in [4.78, 5) is 14.4. The topological polar surface area (TPSA) is 34.5 Å². The van der Waals surface area contributed by atoms with Gasteiger partial charge in [0, 0.05) is 24.7 Å². The number of fused-ring (bicyclic) bond motifs is 1. The fourth-order valence-corrected chi connectivity index (χ4v) is 2.94. The third-order valence-electron chi connectivity index (χ3n) is 3.79. The van der Waals surface area contributed by atoms with Gasteiger partial charge in [0.05, 0.1) is 23.8 Å². The summed E-state index contributed by atoms with van der Waals surface area (Å²) < 4.78 is 7.24. The highest BCUT2D eigenvalue weighted by molar-refractivity contribution is 6.35. The van der Waals surface area contributed by atoms with Gasteiger partial charge in [0.1, 0.15) is 6.04 Å². The Hall–Kier alpha value is -1.52. The molecule has 2 aromatic rings. The summed E-state index contributed by atoms with van der Waals surface area (Å²) in [5.74, 6) is 0.116. The van der Waals surface area contributed by atoms with Gasteiger partial charge in [-0.3, -0.25) is 4.79 Å². The van der Waals surface area contributed by atoms with Crippen molar-refractivity contribution in [2.45, 2.75) is 13.0 Å². The van der Waals surface area contributed by atoms with Gasteiger partial charge in [0.2, 0.25) is 5.91 Å². The highest BCUT2D eigenvalue weighted by Gasteiger charge is 2.24. The molecule has 4 nitrogen and oxygen atoms in total. The van der Waals surface area contributed by atoms with Gasteiger partial charge in [0.15, 0.2) is 0 Å². The molecule has 0 radical (unpaired) electrons. The van der Waals surface area contributed by atoms with Crippen molar-refractivity contribution in [1.82, 2.24) is 9.47 Å². The van der Waals surface area contributed by atoms with Crippen LogP contribution in [0.4, 0.5) is 0 Å². The maximum absolute atomic E-state index is 12.6. The van der Waals surface area contributed by atoms with E-state index in [2.05, 4.69) is 0 Å². The van der Waals surface area contributed by atoms with E-state index in [0.717, 1.165) is 10.9 Å². The number of morpholine rings is 1. The maximum Gasteiger partial charge on any atom is 0.245 e. The van der Waals surface area contributed by atoms with Crippen LogP contribution in [-0.4, -0.2) is 41.7 Å². The lowest BCUT2D eigenvalue weighted by molar-refractivity contribution is -0.138. The second kappa shape index (κ2) is 5.46. The van der Waals surface area contributed by atoms with Crippen LogP contribution >= 0.6 is 11.6 Å². The minimum atomic E-state index is -0.259. The van der Waals surface area contributed by atoms with Crippen LogP contribution in [0.3, 0.4) is 0 Å². The van der Waals surface area contributed by atoms with E-state index in [1.165, 1.54) is 0 Å². The first-order chi connectivity index (χ1) is 9.68. The summed E-state index contributed by atoms with van der Waals surface area (Å²) in [7, 11) is 0. The number of nitrogens with zero attached hydrogens (tertiary/aromatic N) is 2. The molecule has 0 saturated carbocycles. The molecule has 1 aliphatic heterocycles. The van der Waals surface area contributed by atoms with Crippen molar-refractivity contribution in [3.63, 3.8) is 0 Å². The normalized spacial score (nSPS) is 17.4. The Labute approximate surface area is 122 Å². The zero-order chi connectivity index (χ0) is 14.1. The number of ether oxygens (including phenoxy) is 1. The van der Waals surface area contributed by atoms with Gasteiger partial charge in [-0.1, -0.05) is 23.7 Å². The highest BCUT2D eigenvalue weighted by Crippen LogP contribution is 2.27. The van der Waals surface area contributed by atoms with Gasteiger partial charge in [-0.05, 0) is 19.1 Å². The summed E-state index contributed by atoms with van der Waals surface area (Å²) in [6.45, 7) is 4.48. The second-order valence-corrected chi connectivity index (χ2v) is 5.42. The molecular formula is C15H17ClN2O2. The number of rotatable bonds is 2. The summed E-state index contributed by atoms with van der Waals surface area (Å²) in [5.41, 5.74) is 0.920. The quantitative estimate of drug-likeness (QED) is 0.853. The molecular weight excluding hydrogens is 276 g/mol. The number of hydrogen-bond donors (Lipinski definition) is 0. The highest BCUT2D eigenvalue weighted by atomic mass is 35.5. The number of halogens is 1. The molecule has 0 N–H and O–H groups in total. The van der Waals surface area contributed by atoms with Crippen LogP contribution in [0.15, 0.2) is 30.5 Å². The van der Waals surface area contributed by atoms with Crippen LogP contribution in [0, 0.1) is 0 Å². The monoisotopic (exact) mass is 292 g/mol. The zero-order valence-electron chi connectivity index (χ0n) is 11.4. The van der Waals surface area contributed by atoms with Crippen molar-refractivity contribution < 1.29 is 9.53 Å². The van der Waals surface area contributed by atoms with Gasteiger partial charge in [-0.15, -0.1) is 0 Å².